The van der Waals surface area contributed by atoms with Gasteiger partial charge in [0.15, 0.2) is 11.5 Å². The molecular formula is C13H15N5S. The van der Waals surface area contributed by atoms with E-state index >= 15 is 0 Å². The highest BCUT2D eigenvalue weighted by atomic mass is 32.1. The zero-order valence-corrected chi connectivity index (χ0v) is 11.4. The standard InChI is InChI=1S/C13H15N5S/c1-9(15-8-11-10(14)5-7-19-11)13-17-16-12-4-2-3-6-18(12)13/h2-7,9,15H,8,14H2,1H3. The van der Waals surface area contributed by atoms with Gasteiger partial charge in [0.05, 0.1) is 6.04 Å². The molecule has 0 saturated heterocycles. The molecular weight excluding hydrogens is 258 g/mol. The first-order chi connectivity index (χ1) is 9.25. The number of aromatic nitrogens is 3. The Hall–Kier alpha value is -1.92. The van der Waals surface area contributed by atoms with Gasteiger partial charge in [0.1, 0.15) is 0 Å². The van der Waals surface area contributed by atoms with E-state index in [1.807, 2.05) is 40.2 Å². The number of nitrogens with zero attached hydrogens (tertiary/aromatic N) is 3. The molecule has 0 fully saturated rings. The summed E-state index contributed by atoms with van der Waals surface area (Å²) in [6, 6.07) is 7.92. The average molecular weight is 273 g/mol. The topological polar surface area (TPSA) is 68.2 Å². The Labute approximate surface area is 115 Å². The molecule has 3 rings (SSSR count). The quantitative estimate of drug-likeness (QED) is 0.765. The van der Waals surface area contributed by atoms with E-state index in [1.54, 1.807) is 11.3 Å². The highest BCUT2D eigenvalue weighted by Crippen LogP contribution is 2.20. The van der Waals surface area contributed by atoms with Crippen molar-refractivity contribution in [1.82, 2.24) is 19.9 Å². The van der Waals surface area contributed by atoms with E-state index in [1.165, 1.54) is 0 Å². The first kappa shape index (κ1) is 12.1. The number of fused-ring (bicyclic) bond motifs is 1. The van der Waals surface area contributed by atoms with Crippen LogP contribution in [0.25, 0.3) is 5.65 Å². The normalized spacial score (nSPS) is 12.9. The molecule has 0 spiro atoms. The first-order valence-corrected chi connectivity index (χ1v) is 6.98. The minimum atomic E-state index is 0.110. The van der Waals surface area contributed by atoms with Gasteiger partial charge in [0.2, 0.25) is 0 Å². The lowest BCUT2D eigenvalue weighted by molar-refractivity contribution is 0.545. The fraction of sp³-hybridized carbons (Fsp3) is 0.231. The van der Waals surface area contributed by atoms with Crippen LogP contribution in [0.5, 0.6) is 0 Å². The number of nitrogens with two attached hydrogens (primary N) is 1. The average Bonchev–Trinajstić information content (AvgIpc) is 3.02. The van der Waals surface area contributed by atoms with E-state index in [2.05, 4.69) is 22.4 Å². The fourth-order valence-corrected chi connectivity index (χ4v) is 2.74. The summed E-state index contributed by atoms with van der Waals surface area (Å²) in [7, 11) is 0. The summed E-state index contributed by atoms with van der Waals surface area (Å²) in [4.78, 5) is 1.15. The van der Waals surface area contributed by atoms with E-state index in [-0.39, 0.29) is 6.04 Å². The molecule has 3 aromatic rings. The number of thiophene rings is 1. The van der Waals surface area contributed by atoms with E-state index < -0.39 is 0 Å². The van der Waals surface area contributed by atoms with E-state index in [0.29, 0.717) is 0 Å². The molecule has 3 aromatic heterocycles. The van der Waals surface area contributed by atoms with Crippen LogP contribution in [0.3, 0.4) is 0 Å². The van der Waals surface area contributed by atoms with Crippen molar-refractivity contribution in [3.05, 3.63) is 46.5 Å². The molecule has 0 aliphatic carbocycles. The number of nitrogens with one attached hydrogen (secondary N) is 1. The van der Waals surface area contributed by atoms with Crippen molar-refractivity contribution in [1.29, 1.82) is 0 Å². The summed E-state index contributed by atoms with van der Waals surface area (Å²) in [6.07, 6.45) is 1.97. The van der Waals surface area contributed by atoms with Crippen LogP contribution in [0.2, 0.25) is 0 Å². The fourth-order valence-electron chi connectivity index (χ4n) is 1.99. The lowest BCUT2D eigenvalue weighted by atomic mass is 10.3. The van der Waals surface area contributed by atoms with Gasteiger partial charge >= 0.3 is 0 Å². The van der Waals surface area contributed by atoms with Crippen LogP contribution in [0.1, 0.15) is 23.7 Å². The zero-order chi connectivity index (χ0) is 13.2. The molecule has 98 valence electrons. The van der Waals surface area contributed by atoms with E-state index in [9.17, 15) is 0 Å². The van der Waals surface area contributed by atoms with Gasteiger partial charge in [-0.1, -0.05) is 6.07 Å². The Kier molecular flexibility index (Phi) is 3.18. The van der Waals surface area contributed by atoms with Crippen molar-refractivity contribution in [3.8, 4) is 0 Å². The number of hydrogen-bond acceptors (Lipinski definition) is 5. The Morgan fingerprint density at radius 2 is 2.26 bits per heavy atom. The molecule has 0 saturated carbocycles. The highest BCUT2D eigenvalue weighted by Gasteiger charge is 2.13. The summed E-state index contributed by atoms with van der Waals surface area (Å²) in [5, 5.41) is 13.8. The van der Waals surface area contributed by atoms with Crippen LogP contribution in [0.15, 0.2) is 35.8 Å². The zero-order valence-electron chi connectivity index (χ0n) is 10.6. The molecule has 0 bridgehead atoms. The lowest BCUT2D eigenvalue weighted by Gasteiger charge is -2.11. The summed E-state index contributed by atoms with van der Waals surface area (Å²) < 4.78 is 2.00. The van der Waals surface area contributed by atoms with Gasteiger partial charge in [-0.15, -0.1) is 21.5 Å². The van der Waals surface area contributed by atoms with Crippen molar-refractivity contribution in [2.24, 2.45) is 0 Å². The molecule has 19 heavy (non-hydrogen) atoms. The molecule has 1 unspecified atom stereocenters. The smallest absolute Gasteiger partial charge is 0.160 e. The minimum absolute atomic E-state index is 0.110. The summed E-state index contributed by atoms with van der Waals surface area (Å²) >= 11 is 1.66. The van der Waals surface area contributed by atoms with Gasteiger partial charge in [0, 0.05) is 23.3 Å². The molecule has 0 amide bonds. The molecule has 5 nitrogen and oxygen atoms in total. The van der Waals surface area contributed by atoms with Crippen LogP contribution >= 0.6 is 11.3 Å². The predicted molar refractivity (Wildman–Crippen MR) is 77.0 cm³/mol. The highest BCUT2D eigenvalue weighted by molar-refractivity contribution is 7.10. The van der Waals surface area contributed by atoms with Crippen molar-refractivity contribution in [2.45, 2.75) is 19.5 Å². The van der Waals surface area contributed by atoms with Gasteiger partial charge in [-0.2, -0.15) is 0 Å². The van der Waals surface area contributed by atoms with Crippen LogP contribution in [-0.4, -0.2) is 14.6 Å². The van der Waals surface area contributed by atoms with Gasteiger partial charge in [0.25, 0.3) is 0 Å². The van der Waals surface area contributed by atoms with E-state index in [4.69, 9.17) is 5.73 Å². The molecule has 6 heteroatoms. The van der Waals surface area contributed by atoms with E-state index in [0.717, 1.165) is 28.6 Å². The van der Waals surface area contributed by atoms with Crippen LogP contribution < -0.4 is 11.1 Å². The first-order valence-electron chi connectivity index (χ1n) is 6.10. The molecule has 3 N–H and O–H groups in total. The van der Waals surface area contributed by atoms with Crippen LogP contribution in [-0.2, 0) is 6.54 Å². The third-order valence-electron chi connectivity index (χ3n) is 3.08. The van der Waals surface area contributed by atoms with Crippen molar-refractivity contribution in [2.75, 3.05) is 5.73 Å². The van der Waals surface area contributed by atoms with Gasteiger partial charge in [-0.05, 0) is 30.5 Å². The third-order valence-corrected chi connectivity index (χ3v) is 4.01. The molecule has 3 heterocycles. The molecule has 0 aromatic carbocycles. The second-order valence-electron chi connectivity index (χ2n) is 4.39. The Morgan fingerprint density at radius 1 is 1.37 bits per heavy atom. The monoisotopic (exact) mass is 273 g/mol. The van der Waals surface area contributed by atoms with Gasteiger partial charge in [-0.25, -0.2) is 0 Å². The van der Waals surface area contributed by atoms with Gasteiger partial charge in [-0.3, -0.25) is 4.40 Å². The summed E-state index contributed by atoms with van der Waals surface area (Å²) in [6.45, 7) is 2.82. The number of nitrogen functional groups attached to an aromatic ring is 1. The maximum Gasteiger partial charge on any atom is 0.160 e. The number of rotatable bonds is 4. The van der Waals surface area contributed by atoms with Crippen molar-refractivity contribution < 1.29 is 0 Å². The van der Waals surface area contributed by atoms with Crippen LogP contribution in [0.4, 0.5) is 5.69 Å². The summed E-state index contributed by atoms with van der Waals surface area (Å²) in [5.74, 6) is 0.908. The van der Waals surface area contributed by atoms with Crippen LogP contribution in [0, 0.1) is 0 Å². The lowest BCUT2D eigenvalue weighted by Crippen LogP contribution is -2.20. The Morgan fingerprint density at radius 3 is 3.05 bits per heavy atom. The second kappa shape index (κ2) is 4.99. The Bertz CT molecular complexity index is 687. The Balaban J connectivity index is 1.77. The molecule has 0 aliphatic heterocycles. The second-order valence-corrected chi connectivity index (χ2v) is 5.39. The molecule has 0 aliphatic rings. The number of anilines is 1. The number of pyridine rings is 1. The predicted octanol–water partition coefficient (Wildman–Crippen LogP) is 2.22. The third kappa shape index (κ3) is 2.32. The minimum Gasteiger partial charge on any atom is -0.398 e. The summed E-state index contributed by atoms with van der Waals surface area (Å²) in [5.41, 5.74) is 7.58. The van der Waals surface area contributed by atoms with Crippen molar-refractivity contribution >= 4 is 22.7 Å². The van der Waals surface area contributed by atoms with Crippen molar-refractivity contribution in [3.63, 3.8) is 0 Å². The maximum absolute atomic E-state index is 5.87. The number of hydrogen-bond donors (Lipinski definition) is 2. The molecule has 0 radical (unpaired) electrons. The largest absolute Gasteiger partial charge is 0.398 e. The SMILES string of the molecule is CC(NCc1sccc1N)c1nnc2ccccn12. The molecule has 1 atom stereocenters. The van der Waals surface area contributed by atoms with Gasteiger partial charge < -0.3 is 11.1 Å². The maximum atomic E-state index is 5.87.